The van der Waals surface area contributed by atoms with Crippen molar-refractivity contribution in [3.63, 3.8) is 0 Å². The highest BCUT2D eigenvalue weighted by Gasteiger charge is 2.25. The van der Waals surface area contributed by atoms with Crippen molar-refractivity contribution in [1.82, 2.24) is 9.88 Å². The largest absolute Gasteiger partial charge is 0.298 e. The third-order valence-electron chi connectivity index (χ3n) is 2.06. The fraction of sp³-hybridized carbons (Fsp3) is 0.625. The number of rotatable bonds is 3. The van der Waals surface area contributed by atoms with Gasteiger partial charge in [0.1, 0.15) is 0 Å². The SMILES string of the molecule is CN(Cc1cncs1)C1CC1. The average molecular weight is 168 g/mol. The van der Waals surface area contributed by atoms with E-state index >= 15 is 0 Å². The quantitative estimate of drug-likeness (QED) is 0.683. The van der Waals surface area contributed by atoms with E-state index in [2.05, 4.69) is 16.9 Å². The lowest BCUT2D eigenvalue weighted by Gasteiger charge is -2.12. The highest BCUT2D eigenvalue weighted by molar-refractivity contribution is 7.09. The van der Waals surface area contributed by atoms with Gasteiger partial charge in [-0.15, -0.1) is 11.3 Å². The molecule has 2 rings (SSSR count). The molecule has 0 aromatic carbocycles. The molecule has 1 aliphatic rings. The lowest BCUT2D eigenvalue weighted by molar-refractivity contribution is 0.319. The molecule has 0 bridgehead atoms. The minimum absolute atomic E-state index is 0.858. The summed E-state index contributed by atoms with van der Waals surface area (Å²) in [5, 5.41) is 0. The summed E-state index contributed by atoms with van der Waals surface area (Å²) in [4.78, 5) is 7.83. The van der Waals surface area contributed by atoms with Crippen molar-refractivity contribution in [3.05, 3.63) is 16.6 Å². The maximum Gasteiger partial charge on any atom is 0.0794 e. The fourth-order valence-corrected chi connectivity index (χ4v) is 1.87. The molecule has 2 nitrogen and oxygen atoms in total. The van der Waals surface area contributed by atoms with Crippen LogP contribution in [-0.4, -0.2) is 23.0 Å². The molecule has 0 unspecified atom stereocenters. The van der Waals surface area contributed by atoms with Crippen LogP contribution >= 0.6 is 11.3 Å². The first-order valence-electron chi connectivity index (χ1n) is 3.94. The van der Waals surface area contributed by atoms with Crippen molar-refractivity contribution in [3.8, 4) is 0 Å². The van der Waals surface area contributed by atoms with Crippen LogP contribution in [0.25, 0.3) is 0 Å². The summed E-state index contributed by atoms with van der Waals surface area (Å²) in [6, 6.07) is 0.858. The molecule has 1 aromatic heterocycles. The summed E-state index contributed by atoms with van der Waals surface area (Å²) in [5.74, 6) is 0. The number of thiazole rings is 1. The van der Waals surface area contributed by atoms with Crippen molar-refractivity contribution in [2.45, 2.75) is 25.4 Å². The zero-order chi connectivity index (χ0) is 7.68. The van der Waals surface area contributed by atoms with E-state index in [1.165, 1.54) is 17.7 Å². The van der Waals surface area contributed by atoms with Crippen LogP contribution in [0.1, 0.15) is 17.7 Å². The predicted octanol–water partition coefficient (Wildman–Crippen LogP) is 1.74. The summed E-state index contributed by atoms with van der Waals surface area (Å²) in [7, 11) is 2.19. The lowest BCUT2D eigenvalue weighted by Crippen LogP contribution is -2.19. The van der Waals surface area contributed by atoms with Crippen molar-refractivity contribution in [2.75, 3.05) is 7.05 Å². The first kappa shape index (κ1) is 7.25. The minimum Gasteiger partial charge on any atom is -0.298 e. The number of hydrogen-bond donors (Lipinski definition) is 0. The Bertz CT molecular complexity index is 216. The van der Waals surface area contributed by atoms with E-state index < -0.39 is 0 Å². The molecular formula is C8H12N2S. The molecule has 1 fully saturated rings. The van der Waals surface area contributed by atoms with Gasteiger partial charge in [0.25, 0.3) is 0 Å². The third kappa shape index (κ3) is 1.79. The van der Waals surface area contributed by atoms with Gasteiger partial charge in [0.05, 0.1) is 5.51 Å². The molecule has 0 atom stereocenters. The molecular weight excluding hydrogens is 156 g/mol. The van der Waals surface area contributed by atoms with Crippen LogP contribution in [-0.2, 0) is 6.54 Å². The maximum atomic E-state index is 4.05. The van der Waals surface area contributed by atoms with Crippen molar-refractivity contribution in [1.29, 1.82) is 0 Å². The molecule has 0 amide bonds. The zero-order valence-electron chi connectivity index (χ0n) is 6.66. The van der Waals surface area contributed by atoms with Gasteiger partial charge in [-0.3, -0.25) is 9.88 Å². The van der Waals surface area contributed by atoms with E-state index in [4.69, 9.17) is 0 Å². The van der Waals surface area contributed by atoms with Crippen LogP contribution in [0.15, 0.2) is 11.7 Å². The van der Waals surface area contributed by atoms with Gasteiger partial charge in [0, 0.05) is 23.7 Å². The highest BCUT2D eigenvalue weighted by atomic mass is 32.1. The highest BCUT2D eigenvalue weighted by Crippen LogP contribution is 2.26. The molecule has 1 aromatic rings. The van der Waals surface area contributed by atoms with Gasteiger partial charge < -0.3 is 0 Å². The molecule has 1 aliphatic carbocycles. The molecule has 11 heavy (non-hydrogen) atoms. The lowest BCUT2D eigenvalue weighted by atomic mass is 10.4. The molecule has 3 heteroatoms. The number of aromatic nitrogens is 1. The zero-order valence-corrected chi connectivity index (χ0v) is 7.47. The second-order valence-corrected chi connectivity index (χ2v) is 4.08. The topological polar surface area (TPSA) is 16.1 Å². The van der Waals surface area contributed by atoms with Gasteiger partial charge in [0.2, 0.25) is 0 Å². The van der Waals surface area contributed by atoms with Crippen molar-refractivity contribution >= 4 is 11.3 Å². The smallest absolute Gasteiger partial charge is 0.0794 e. The Kier molecular flexibility index (Phi) is 1.92. The van der Waals surface area contributed by atoms with E-state index in [0.29, 0.717) is 0 Å². The Hall–Kier alpha value is -0.410. The van der Waals surface area contributed by atoms with Crippen LogP contribution in [0.4, 0.5) is 0 Å². The van der Waals surface area contributed by atoms with E-state index in [-0.39, 0.29) is 0 Å². The molecule has 1 saturated carbocycles. The Morgan fingerprint density at radius 1 is 1.73 bits per heavy atom. The van der Waals surface area contributed by atoms with E-state index in [1.54, 1.807) is 11.3 Å². The normalized spacial score (nSPS) is 17.6. The third-order valence-corrected chi connectivity index (χ3v) is 2.82. The second-order valence-electron chi connectivity index (χ2n) is 3.11. The maximum absolute atomic E-state index is 4.05. The monoisotopic (exact) mass is 168 g/mol. The van der Waals surface area contributed by atoms with Gasteiger partial charge in [-0.2, -0.15) is 0 Å². The van der Waals surface area contributed by atoms with Crippen LogP contribution in [0.2, 0.25) is 0 Å². The van der Waals surface area contributed by atoms with Gasteiger partial charge in [-0.1, -0.05) is 0 Å². The van der Waals surface area contributed by atoms with Crippen LogP contribution in [0.5, 0.6) is 0 Å². The second kappa shape index (κ2) is 2.91. The predicted molar refractivity (Wildman–Crippen MR) is 46.6 cm³/mol. The van der Waals surface area contributed by atoms with Crippen LogP contribution in [0.3, 0.4) is 0 Å². The molecule has 0 aliphatic heterocycles. The van der Waals surface area contributed by atoms with Gasteiger partial charge in [0.15, 0.2) is 0 Å². The Morgan fingerprint density at radius 3 is 3.09 bits per heavy atom. The summed E-state index contributed by atoms with van der Waals surface area (Å²) in [6.45, 7) is 1.08. The molecule has 0 N–H and O–H groups in total. The Morgan fingerprint density at radius 2 is 2.55 bits per heavy atom. The Balaban J connectivity index is 1.89. The van der Waals surface area contributed by atoms with Crippen LogP contribution in [0, 0.1) is 0 Å². The molecule has 1 heterocycles. The number of nitrogens with zero attached hydrogens (tertiary/aromatic N) is 2. The van der Waals surface area contributed by atoms with Gasteiger partial charge >= 0.3 is 0 Å². The average Bonchev–Trinajstić information content (AvgIpc) is 2.73. The molecule has 60 valence electrons. The molecule has 0 saturated heterocycles. The first-order valence-corrected chi connectivity index (χ1v) is 4.82. The minimum atomic E-state index is 0.858. The van der Waals surface area contributed by atoms with Crippen molar-refractivity contribution < 1.29 is 0 Å². The standard InChI is InChI=1S/C8H12N2S/c1-10(7-2-3-7)5-8-4-9-6-11-8/h4,6-7H,2-3,5H2,1H3. The van der Waals surface area contributed by atoms with Crippen LogP contribution < -0.4 is 0 Å². The molecule has 0 radical (unpaired) electrons. The first-order chi connectivity index (χ1) is 5.36. The van der Waals surface area contributed by atoms with E-state index in [1.807, 2.05) is 11.7 Å². The van der Waals surface area contributed by atoms with Gasteiger partial charge in [-0.05, 0) is 19.9 Å². The Labute approximate surface area is 70.9 Å². The van der Waals surface area contributed by atoms with E-state index in [9.17, 15) is 0 Å². The summed E-state index contributed by atoms with van der Waals surface area (Å²) in [5.41, 5.74) is 1.90. The fourth-order valence-electron chi connectivity index (χ4n) is 1.21. The van der Waals surface area contributed by atoms with Gasteiger partial charge in [-0.25, -0.2) is 0 Å². The number of hydrogen-bond acceptors (Lipinski definition) is 3. The van der Waals surface area contributed by atoms with Crippen molar-refractivity contribution in [2.24, 2.45) is 0 Å². The van der Waals surface area contributed by atoms with E-state index in [0.717, 1.165) is 12.6 Å². The summed E-state index contributed by atoms with van der Waals surface area (Å²) < 4.78 is 0. The molecule has 0 spiro atoms. The summed E-state index contributed by atoms with van der Waals surface area (Å²) in [6.07, 6.45) is 4.73. The summed E-state index contributed by atoms with van der Waals surface area (Å²) >= 11 is 1.74.